The molecule has 0 radical (unpaired) electrons. The molecule has 6 heteroatoms. The fourth-order valence-corrected chi connectivity index (χ4v) is 6.72. The molecule has 0 N–H and O–H groups in total. The maximum Gasteiger partial charge on any atom is 0.343 e. The molecule has 1 aliphatic rings. The van der Waals surface area contributed by atoms with Crippen molar-refractivity contribution in [3.63, 3.8) is 0 Å². The zero-order chi connectivity index (χ0) is 23.4. The molecule has 174 valence electrons. The lowest BCUT2D eigenvalue weighted by atomic mass is 9.78. The highest BCUT2D eigenvalue weighted by molar-refractivity contribution is 7.56. The van der Waals surface area contributed by atoms with Crippen molar-refractivity contribution in [2.45, 2.75) is 83.7 Å². The van der Waals surface area contributed by atoms with Crippen LogP contribution in [0.3, 0.4) is 0 Å². The Kier molecular flexibility index (Phi) is 8.35. The Hall–Kier alpha value is -1.42. The third-order valence-electron chi connectivity index (χ3n) is 6.69. The van der Waals surface area contributed by atoms with Crippen LogP contribution in [0.1, 0.15) is 82.6 Å². The fourth-order valence-electron chi connectivity index (χ4n) is 4.75. The third kappa shape index (κ3) is 4.69. The summed E-state index contributed by atoms with van der Waals surface area (Å²) < 4.78 is 29.6. The van der Waals surface area contributed by atoms with Crippen molar-refractivity contribution in [3.05, 3.63) is 34.4 Å². The van der Waals surface area contributed by atoms with E-state index in [4.69, 9.17) is 13.8 Å². The maximum atomic E-state index is 13.4. The van der Waals surface area contributed by atoms with E-state index >= 15 is 0 Å². The predicted molar refractivity (Wildman–Crippen MR) is 127 cm³/mol. The quantitative estimate of drug-likeness (QED) is 0.317. The van der Waals surface area contributed by atoms with Crippen LogP contribution in [0.25, 0.3) is 6.08 Å². The second kappa shape index (κ2) is 10.0. The van der Waals surface area contributed by atoms with Gasteiger partial charge in [-0.2, -0.15) is 0 Å². The first kappa shape index (κ1) is 25.8. The van der Waals surface area contributed by atoms with E-state index in [2.05, 4.69) is 26.8 Å². The average molecular weight is 451 g/mol. The molecule has 0 spiro atoms. The lowest BCUT2D eigenvalue weighted by molar-refractivity contribution is -0.117. The first-order chi connectivity index (χ1) is 14.5. The highest BCUT2D eigenvalue weighted by atomic mass is 31.2. The van der Waals surface area contributed by atoms with E-state index in [1.807, 2.05) is 19.9 Å². The highest BCUT2D eigenvalue weighted by Gasteiger charge is 2.52. The topological polar surface area (TPSA) is 61.8 Å². The summed E-state index contributed by atoms with van der Waals surface area (Å²) in [5.41, 5.74) is 4.59. The van der Waals surface area contributed by atoms with Crippen LogP contribution in [0.15, 0.2) is 12.1 Å². The minimum absolute atomic E-state index is 0.0944. The van der Waals surface area contributed by atoms with E-state index in [9.17, 15) is 9.36 Å². The number of fused-ring (bicyclic) bond motifs is 1. The number of ketones is 1. The Morgan fingerprint density at radius 2 is 1.58 bits per heavy atom. The minimum atomic E-state index is -3.59. The van der Waals surface area contributed by atoms with Crippen molar-refractivity contribution < 1.29 is 23.1 Å². The lowest BCUT2D eigenvalue weighted by Gasteiger charge is -2.34. The number of allylic oxidation sites excluding steroid dienone is 1. The monoisotopic (exact) mass is 450 g/mol. The standard InChI is InChI=1S/C25H39O5P/c1-9-25(10-2,31(27,29-7)30-8)22(26)16-15-18-17-21(24(3,4)5)23(28-6)20-14-12-11-13-19(18)20/h15-17H,9-14H2,1-8H3. The van der Waals surface area contributed by atoms with Crippen LogP contribution in [0.5, 0.6) is 5.75 Å². The zero-order valence-electron chi connectivity index (χ0n) is 20.5. The van der Waals surface area contributed by atoms with Gasteiger partial charge in [0.15, 0.2) is 5.78 Å². The van der Waals surface area contributed by atoms with Crippen molar-refractivity contribution in [1.82, 2.24) is 0 Å². The van der Waals surface area contributed by atoms with Crippen LogP contribution < -0.4 is 4.74 Å². The van der Waals surface area contributed by atoms with Crippen LogP contribution in [0, 0.1) is 0 Å². The van der Waals surface area contributed by atoms with Gasteiger partial charge in [-0.1, -0.05) is 40.7 Å². The number of benzene rings is 1. The normalized spacial score (nSPS) is 15.2. The number of rotatable bonds is 9. The number of hydrogen-bond donors (Lipinski definition) is 0. The second-order valence-corrected chi connectivity index (χ2v) is 11.8. The summed E-state index contributed by atoms with van der Waals surface area (Å²) in [4.78, 5) is 13.4. The maximum absolute atomic E-state index is 13.4. The first-order valence-corrected chi connectivity index (χ1v) is 12.8. The molecular weight excluding hydrogens is 411 g/mol. The number of methoxy groups -OCH3 is 1. The third-order valence-corrected chi connectivity index (χ3v) is 9.56. The van der Waals surface area contributed by atoms with Crippen LogP contribution in [-0.4, -0.2) is 32.3 Å². The Morgan fingerprint density at radius 1 is 1.03 bits per heavy atom. The molecule has 0 saturated heterocycles. The number of ether oxygens (including phenoxy) is 1. The molecule has 0 atom stereocenters. The summed E-state index contributed by atoms with van der Waals surface area (Å²) in [6.45, 7) is 10.2. The number of hydrogen-bond acceptors (Lipinski definition) is 5. The van der Waals surface area contributed by atoms with Gasteiger partial charge in [-0.15, -0.1) is 0 Å². The van der Waals surface area contributed by atoms with E-state index in [0.29, 0.717) is 12.8 Å². The summed E-state index contributed by atoms with van der Waals surface area (Å²) >= 11 is 0. The minimum Gasteiger partial charge on any atom is -0.496 e. The smallest absolute Gasteiger partial charge is 0.343 e. The summed E-state index contributed by atoms with van der Waals surface area (Å²) in [6.07, 6.45) is 8.41. The highest BCUT2D eigenvalue weighted by Crippen LogP contribution is 2.62. The molecule has 0 aliphatic heterocycles. The SMILES string of the molecule is CCC(CC)(C(=O)C=Cc1cc(C(C)(C)C)c(OC)c2c1CCCC2)P(=O)(OC)OC. The summed E-state index contributed by atoms with van der Waals surface area (Å²) in [6, 6.07) is 2.15. The average Bonchev–Trinajstić information content (AvgIpc) is 2.77. The molecule has 1 aromatic rings. The molecule has 0 aromatic heterocycles. The van der Waals surface area contributed by atoms with Gasteiger partial charge in [0.05, 0.1) is 7.11 Å². The van der Waals surface area contributed by atoms with Gasteiger partial charge >= 0.3 is 7.60 Å². The Bertz CT molecular complexity index is 867. The van der Waals surface area contributed by atoms with Crippen LogP contribution in [-0.2, 0) is 36.7 Å². The van der Waals surface area contributed by atoms with Crippen LogP contribution in [0.4, 0.5) is 0 Å². The Morgan fingerprint density at radius 3 is 2.03 bits per heavy atom. The van der Waals surface area contributed by atoms with E-state index in [0.717, 1.165) is 42.6 Å². The number of carbonyl (C=O) groups excluding carboxylic acids is 1. The van der Waals surface area contributed by atoms with Crippen molar-refractivity contribution in [2.24, 2.45) is 0 Å². The summed E-state index contributed by atoms with van der Waals surface area (Å²) in [5.74, 6) is 0.757. The second-order valence-electron chi connectivity index (χ2n) is 9.26. The van der Waals surface area contributed by atoms with Gasteiger partial charge in [-0.05, 0) is 72.8 Å². The molecule has 1 aromatic carbocycles. The molecular formula is C25H39O5P. The molecule has 0 unspecified atom stereocenters. The zero-order valence-corrected chi connectivity index (χ0v) is 21.4. The van der Waals surface area contributed by atoms with E-state index in [1.165, 1.54) is 25.3 Å². The van der Waals surface area contributed by atoms with Crippen molar-refractivity contribution in [2.75, 3.05) is 21.3 Å². The molecule has 0 heterocycles. The van der Waals surface area contributed by atoms with E-state index in [-0.39, 0.29) is 11.2 Å². The molecule has 0 saturated carbocycles. The molecule has 0 bridgehead atoms. The predicted octanol–water partition coefficient (Wildman–Crippen LogP) is 6.50. The molecule has 5 nitrogen and oxygen atoms in total. The summed E-state index contributed by atoms with van der Waals surface area (Å²) in [5, 5.41) is -1.19. The van der Waals surface area contributed by atoms with Crippen LogP contribution >= 0.6 is 7.60 Å². The van der Waals surface area contributed by atoms with Gasteiger partial charge in [-0.25, -0.2) is 0 Å². The van der Waals surface area contributed by atoms with E-state index < -0.39 is 12.8 Å². The van der Waals surface area contributed by atoms with Gasteiger partial charge < -0.3 is 13.8 Å². The summed E-state index contributed by atoms with van der Waals surface area (Å²) in [7, 11) is 0.834. The number of carbonyl (C=O) groups is 1. The van der Waals surface area contributed by atoms with E-state index in [1.54, 1.807) is 13.2 Å². The first-order valence-electron chi connectivity index (χ1n) is 11.2. The van der Waals surface area contributed by atoms with Gasteiger partial charge in [0, 0.05) is 19.8 Å². The van der Waals surface area contributed by atoms with Gasteiger partial charge in [-0.3, -0.25) is 9.36 Å². The Balaban J connectivity index is 2.62. The van der Waals surface area contributed by atoms with Gasteiger partial charge in [0.2, 0.25) is 0 Å². The van der Waals surface area contributed by atoms with Crippen molar-refractivity contribution in [1.29, 1.82) is 0 Å². The Labute approximate surface area is 188 Å². The molecule has 0 amide bonds. The molecule has 0 fully saturated rings. The molecule has 31 heavy (non-hydrogen) atoms. The molecule has 2 rings (SSSR count). The van der Waals surface area contributed by atoms with Crippen molar-refractivity contribution >= 4 is 19.5 Å². The van der Waals surface area contributed by atoms with Gasteiger partial charge in [0.1, 0.15) is 10.9 Å². The van der Waals surface area contributed by atoms with Crippen molar-refractivity contribution in [3.8, 4) is 5.75 Å². The van der Waals surface area contributed by atoms with Gasteiger partial charge in [0.25, 0.3) is 0 Å². The molecule has 1 aliphatic carbocycles. The van der Waals surface area contributed by atoms with Crippen LogP contribution in [0.2, 0.25) is 0 Å². The lowest BCUT2D eigenvalue weighted by Crippen LogP contribution is -2.37. The largest absolute Gasteiger partial charge is 0.496 e. The fraction of sp³-hybridized carbons (Fsp3) is 0.640.